The second-order valence-electron chi connectivity index (χ2n) is 7.31. The van der Waals surface area contributed by atoms with Crippen LogP contribution in [0.1, 0.15) is 12.8 Å². The molecule has 7 saturated carbocycles. The Labute approximate surface area is 91.5 Å². The number of nitro groups is 1. The molecule has 1 aliphatic heterocycles. The summed E-state index contributed by atoms with van der Waals surface area (Å²) in [6.45, 7) is 0. The van der Waals surface area contributed by atoms with E-state index < -0.39 is 5.54 Å². The summed E-state index contributed by atoms with van der Waals surface area (Å²) in [6, 6.07) is 0. The Morgan fingerprint density at radius 1 is 1.12 bits per heavy atom. The summed E-state index contributed by atoms with van der Waals surface area (Å²) in [5.41, 5.74) is -0.251. The minimum absolute atomic E-state index is 0.0452. The van der Waals surface area contributed by atoms with Crippen molar-refractivity contribution in [1.29, 1.82) is 0 Å². The van der Waals surface area contributed by atoms with E-state index in [1.54, 1.807) is 0 Å². The molecule has 0 amide bonds. The van der Waals surface area contributed by atoms with Gasteiger partial charge in [-0.1, -0.05) is 0 Å². The maximum Gasteiger partial charge on any atom is 0.234 e. The lowest BCUT2D eigenvalue weighted by atomic mass is 9.54. The van der Waals surface area contributed by atoms with Gasteiger partial charge < -0.3 is 4.74 Å². The van der Waals surface area contributed by atoms with Gasteiger partial charge in [0.25, 0.3) is 0 Å². The molecule has 0 N–H and O–H groups in total. The number of hydrogen-bond acceptors (Lipinski definition) is 3. The molecular weight excluding hydrogens is 206 g/mol. The van der Waals surface area contributed by atoms with E-state index in [-0.39, 0.29) is 16.1 Å². The van der Waals surface area contributed by atoms with Crippen LogP contribution in [0, 0.1) is 51.5 Å². The lowest BCUT2D eigenvalue weighted by Crippen LogP contribution is -2.64. The Kier molecular flexibility index (Phi) is 0.565. The van der Waals surface area contributed by atoms with Crippen molar-refractivity contribution in [1.82, 2.24) is 0 Å². The zero-order valence-corrected chi connectivity index (χ0v) is 8.63. The normalized spacial score (nSPS) is 89.1. The van der Waals surface area contributed by atoms with Gasteiger partial charge in [0.1, 0.15) is 11.2 Å². The molecule has 8 fully saturated rings. The van der Waals surface area contributed by atoms with Crippen LogP contribution in [0.5, 0.6) is 0 Å². The van der Waals surface area contributed by atoms with Crippen LogP contribution in [0.15, 0.2) is 0 Å². The predicted molar refractivity (Wildman–Crippen MR) is 49.9 cm³/mol. The van der Waals surface area contributed by atoms with Crippen LogP contribution in [0.3, 0.4) is 0 Å². The van der Waals surface area contributed by atoms with Crippen LogP contribution in [-0.4, -0.2) is 21.7 Å². The Balaban J connectivity index is 1.72. The fourth-order valence-corrected chi connectivity index (χ4v) is 8.72. The highest BCUT2D eigenvalue weighted by molar-refractivity contribution is 5.57. The summed E-state index contributed by atoms with van der Waals surface area (Å²) < 4.78 is 6.25. The second-order valence-corrected chi connectivity index (χ2v) is 7.31. The molecular formula is C12H11NO3. The highest BCUT2D eigenvalue weighted by Gasteiger charge is 3.13. The van der Waals surface area contributed by atoms with Crippen LogP contribution in [0.2, 0.25) is 0 Å². The van der Waals surface area contributed by atoms with E-state index in [1.165, 1.54) is 6.42 Å². The van der Waals surface area contributed by atoms with Gasteiger partial charge in [0.2, 0.25) is 5.54 Å². The average Bonchev–Trinajstić information content (AvgIpc) is 2.41. The van der Waals surface area contributed by atoms with Crippen molar-refractivity contribution in [2.75, 3.05) is 0 Å². The van der Waals surface area contributed by atoms with Gasteiger partial charge >= 0.3 is 0 Å². The van der Waals surface area contributed by atoms with Gasteiger partial charge in [-0.2, -0.15) is 0 Å². The largest absolute Gasteiger partial charge is 0.361 e. The summed E-state index contributed by atoms with van der Waals surface area (Å²) >= 11 is 0. The lowest BCUT2D eigenvalue weighted by Gasteiger charge is -2.47. The fourth-order valence-electron chi connectivity index (χ4n) is 8.72. The molecule has 8 rings (SSSR count). The van der Waals surface area contributed by atoms with E-state index >= 15 is 0 Å². The fraction of sp³-hybridized carbons (Fsp3) is 1.00. The van der Waals surface area contributed by atoms with Crippen molar-refractivity contribution in [2.24, 2.45) is 41.4 Å². The van der Waals surface area contributed by atoms with Crippen LogP contribution >= 0.6 is 0 Å². The Morgan fingerprint density at radius 2 is 1.88 bits per heavy atom. The predicted octanol–water partition coefficient (Wildman–Crippen LogP) is 0.685. The van der Waals surface area contributed by atoms with Gasteiger partial charge in [0.15, 0.2) is 0 Å². The Hall–Kier alpha value is -0.640. The SMILES string of the molecule is O=[N+]([O-])[C@@]12[C@@H]3[C@H]4[C@@H]1[C@@H]1C[C@@H]2[C@]25O[C@]12[C@@H]4C[C@H]35. The van der Waals surface area contributed by atoms with Crippen molar-refractivity contribution >= 4 is 0 Å². The van der Waals surface area contributed by atoms with Gasteiger partial charge in [-0.05, 0) is 24.7 Å². The Morgan fingerprint density at radius 3 is 2.62 bits per heavy atom. The first-order valence-electron chi connectivity index (χ1n) is 6.57. The standard InChI is InChI=1S/C12H11NO3/c14-13(15)10-6-2-5-9(10)7-3-1-4(8(7)10)12(6)11(3,5)16-12/h3-9H,1-2H2/t3-,4-,5+,6+,7+,8+,9+,10+,11-,12+/m1/s1. The maximum atomic E-state index is 11.6. The molecule has 0 radical (unpaired) electrons. The van der Waals surface area contributed by atoms with Crippen molar-refractivity contribution < 1.29 is 9.66 Å². The van der Waals surface area contributed by atoms with Crippen LogP contribution in [-0.2, 0) is 4.74 Å². The van der Waals surface area contributed by atoms with E-state index in [9.17, 15) is 10.1 Å². The third-order valence-corrected chi connectivity index (χ3v) is 8.18. The maximum absolute atomic E-state index is 11.6. The molecule has 4 bridgehead atoms. The van der Waals surface area contributed by atoms with Crippen molar-refractivity contribution in [3.05, 3.63) is 10.1 Å². The molecule has 16 heavy (non-hydrogen) atoms. The molecule has 0 aromatic carbocycles. The number of ether oxygens (including phenoxy) is 1. The highest BCUT2D eigenvalue weighted by atomic mass is 16.7. The molecule has 0 unspecified atom stereocenters. The molecule has 1 heterocycles. The summed E-state index contributed by atoms with van der Waals surface area (Å²) in [6.07, 6.45) is 2.40. The first-order chi connectivity index (χ1) is 7.72. The lowest BCUT2D eigenvalue weighted by molar-refractivity contribution is -0.618. The average molecular weight is 217 g/mol. The first-order valence-corrected chi connectivity index (χ1v) is 6.57. The minimum Gasteiger partial charge on any atom is -0.361 e. The van der Waals surface area contributed by atoms with Gasteiger partial charge in [-0.15, -0.1) is 0 Å². The molecule has 82 valence electrons. The van der Waals surface area contributed by atoms with E-state index in [0.717, 1.165) is 12.3 Å². The molecule has 7 aliphatic carbocycles. The molecule has 8 aliphatic rings. The third kappa shape index (κ3) is 0.261. The molecule has 0 aromatic heterocycles. The molecule has 2 spiro atoms. The van der Waals surface area contributed by atoms with Gasteiger partial charge in [0, 0.05) is 28.6 Å². The first kappa shape index (κ1) is 6.94. The molecule has 4 heteroatoms. The van der Waals surface area contributed by atoms with Crippen LogP contribution in [0.25, 0.3) is 0 Å². The summed E-state index contributed by atoms with van der Waals surface area (Å²) in [4.78, 5) is 11.8. The monoisotopic (exact) mass is 217 g/mol. The zero-order valence-electron chi connectivity index (χ0n) is 8.63. The Bertz CT molecular complexity index is 536. The topological polar surface area (TPSA) is 55.7 Å². The van der Waals surface area contributed by atoms with Crippen LogP contribution in [0.4, 0.5) is 0 Å². The van der Waals surface area contributed by atoms with Crippen molar-refractivity contribution in [3.8, 4) is 0 Å². The summed E-state index contributed by atoms with van der Waals surface area (Å²) in [5.74, 6) is 3.75. The van der Waals surface area contributed by atoms with Crippen molar-refractivity contribution in [3.63, 3.8) is 0 Å². The van der Waals surface area contributed by atoms with Crippen molar-refractivity contribution in [2.45, 2.75) is 29.6 Å². The van der Waals surface area contributed by atoms with E-state index in [2.05, 4.69) is 0 Å². The minimum atomic E-state index is -0.495. The summed E-state index contributed by atoms with van der Waals surface area (Å²) in [7, 11) is 0. The van der Waals surface area contributed by atoms with E-state index in [0.29, 0.717) is 35.5 Å². The van der Waals surface area contributed by atoms with Crippen LogP contribution < -0.4 is 0 Å². The quantitative estimate of drug-likeness (QED) is 0.369. The van der Waals surface area contributed by atoms with E-state index in [4.69, 9.17) is 4.74 Å². The highest BCUT2D eigenvalue weighted by Crippen LogP contribution is 3.02. The second kappa shape index (κ2) is 1.30. The zero-order chi connectivity index (χ0) is 10.2. The molecule has 1 saturated heterocycles. The van der Waals surface area contributed by atoms with Gasteiger partial charge in [-0.25, -0.2) is 0 Å². The number of hydrogen-bond donors (Lipinski definition) is 0. The number of rotatable bonds is 1. The molecule has 0 aromatic rings. The molecule has 4 nitrogen and oxygen atoms in total. The summed E-state index contributed by atoms with van der Waals surface area (Å²) in [5, 5.41) is 11.6. The number of nitrogens with zero attached hydrogens (tertiary/aromatic N) is 1. The van der Waals surface area contributed by atoms with E-state index in [1.807, 2.05) is 0 Å². The number of epoxide rings is 1. The van der Waals surface area contributed by atoms with Gasteiger partial charge in [-0.3, -0.25) is 10.1 Å². The molecule has 10 atom stereocenters. The van der Waals surface area contributed by atoms with Gasteiger partial charge in [0.05, 0.1) is 5.92 Å². The third-order valence-electron chi connectivity index (χ3n) is 8.18. The smallest absolute Gasteiger partial charge is 0.234 e.